The molecule has 0 spiro atoms. The lowest BCUT2D eigenvalue weighted by Gasteiger charge is -2.31. The summed E-state index contributed by atoms with van der Waals surface area (Å²) >= 11 is 0. The van der Waals surface area contributed by atoms with Crippen molar-refractivity contribution >= 4 is 5.91 Å². The van der Waals surface area contributed by atoms with Gasteiger partial charge in [-0.25, -0.2) is 0 Å². The topological polar surface area (TPSA) is 73.6 Å². The van der Waals surface area contributed by atoms with Crippen molar-refractivity contribution in [3.05, 3.63) is 29.8 Å². The lowest BCUT2D eigenvalue weighted by Crippen LogP contribution is -2.43. The van der Waals surface area contributed by atoms with Gasteiger partial charge in [-0.3, -0.25) is 4.79 Å². The number of hydrogen-bond acceptors (Lipinski definition) is 4. The number of hydrogen-bond donors (Lipinski definition) is 1. The predicted molar refractivity (Wildman–Crippen MR) is 73.0 cm³/mol. The Balaban J connectivity index is 1.90. The summed E-state index contributed by atoms with van der Waals surface area (Å²) < 4.78 is 5.44. The third kappa shape index (κ3) is 3.49. The molecule has 106 valence electrons. The molecule has 1 unspecified atom stereocenters. The third-order valence-electron chi connectivity index (χ3n) is 3.49. The molecule has 1 aromatic rings. The second kappa shape index (κ2) is 6.92. The first-order valence-corrected chi connectivity index (χ1v) is 6.75. The monoisotopic (exact) mass is 274 g/mol. The number of aliphatic hydroxyl groups is 1. The van der Waals surface area contributed by atoms with Crippen molar-refractivity contribution in [2.75, 3.05) is 26.3 Å². The molecular weight excluding hydrogens is 256 g/mol. The van der Waals surface area contributed by atoms with Gasteiger partial charge in [-0.15, -0.1) is 0 Å². The third-order valence-corrected chi connectivity index (χ3v) is 3.49. The van der Waals surface area contributed by atoms with Crippen molar-refractivity contribution in [1.82, 2.24) is 4.90 Å². The standard InChI is InChI=1S/C15H18N2O3/c16-8-13-5-1-2-6-14(13)20-11-15(19)17-7-3-4-12(9-17)10-18/h1-2,5-6,12,18H,3-4,7,9-11H2. The quantitative estimate of drug-likeness (QED) is 0.894. The van der Waals surface area contributed by atoms with Crippen LogP contribution in [0.3, 0.4) is 0 Å². The van der Waals surface area contributed by atoms with Gasteiger partial charge in [-0.05, 0) is 30.9 Å². The summed E-state index contributed by atoms with van der Waals surface area (Å²) in [5.74, 6) is 0.494. The van der Waals surface area contributed by atoms with Crippen molar-refractivity contribution in [3.8, 4) is 11.8 Å². The molecule has 20 heavy (non-hydrogen) atoms. The summed E-state index contributed by atoms with van der Waals surface area (Å²) in [4.78, 5) is 13.8. The summed E-state index contributed by atoms with van der Waals surface area (Å²) in [5.41, 5.74) is 0.423. The molecule has 0 aromatic heterocycles. The Morgan fingerprint density at radius 1 is 1.50 bits per heavy atom. The maximum absolute atomic E-state index is 12.1. The molecule has 2 rings (SSSR count). The molecule has 0 radical (unpaired) electrons. The van der Waals surface area contributed by atoms with Crippen LogP contribution in [0.4, 0.5) is 0 Å². The first-order chi connectivity index (χ1) is 9.74. The Morgan fingerprint density at radius 2 is 2.30 bits per heavy atom. The van der Waals surface area contributed by atoms with E-state index in [4.69, 9.17) is 15.1 Å². The van der Waals surface area contributed by atoms with E-state index in [0.29, 0.717) is 24.4 Å². The molecular formula is C15H18N2O3. The van der Waals surface area contributed by atoms with Crippen LogP contribution < -0.4 is 4.74 Å². The van der Waals surface area contributed by atoms with E-state index in [2.05, 4.69) is 0 Å². The first-order valence-electron chi connectivity index (χ1n) is 6.75. The molecule has 1 heterocycles. The summed E-state index contributed by atoms with van der Waals surface area (Å²) in [7, 11) is 0. The first kappa shape index (κ1) is 14.4. The van der Waals surface area contributed by atoms with Gasteiger partial charge in [0.1, 0.15) is 11.8 Å². The van der Waals surface area contributed by atoms with Crippen LogP contribution in [0.5, 0.6) is 5.75 Å². The molecule has 0 bridgehead atoms. The van der Waals surface area contributed by atoms with Gasteiger partial charge in [-0.2, -0.15) is 5.26 Å². The van der Waals surface area contributed by atoms with Gasteiger partial charge in [-0.1, -0.05) is 12.1 Å². The predicted octanol–water partition coefficient (Wildman–Crippen LogP) is 1.17. The fourth-order valence-corrected chi connectivity index (χ4v) is 2.36. The van der Waals surface area contributed by atoms with Crippen molar-refractivity contribution < 1.29 is 14.6 Å². The smallest absolute Gasteiger partial charge is 0.260 e. The fraction of sp³-hybridized carbons (Fsp3) is 0.467. The van der Waals surface area contributed by atoms with E-state index >= 15 is 0 Å². The number of benzene rings is 1. The average molecular weight is 274 g/mol. The normalized spacial score (nSPS) is 18.4. The Kier molecular flexibility index (Phi) is 4.97. The number of nitrogens with zero attached hydrogens (tertiary/aromatic N) is 2. The van der Waals surface area contributed by atoms with Crippen LogP contribution in [-0.2, 0) is 4.79 Å². The molecule has 1 saturated heterocycles. The molecule has 1 amide bonds. The second-order valence-electron chi connectivity index (χ2n) is 4.93. The van der Waals surface area contributed by atoms with Crippen LogP contribution in [0.25, 0.3) is 0 Å². The van der Waals surface area contributed by atoms with Crippen LogP contribution in [-0.4, -0.2) is 42.2 Å². The van der Waals surface area contributed by atoms with Crippen molar-refractivity contribution in [1.29, 1.82) is 5.26 Å². The Bertz CT molecular complexity index is 510. The number of rotatable bonds is 4. The minimum Gasteiger partial charge on any atom is -0.482 e. The van der Waals surface area contributed by atoms with Crippen LogP contribution in [0.1, 0.15) is 18.4 Å². The zero-order valence-electron chi connectivity index (χ0n) is 11.3. The lowest BCUT2D eigenvalue weighted by molar-refractivity contribution is -0.135. The van der Waals surface area contributed by atoms with Crippen LogP contribution in [0.2, 0.25) is 0 Å². The molecule has 1 aromatic carbocycles. The Labute approximate surface area is 118 Å². The zero-order valence-corrected chi connectivity index (χ0v) is 11.3. The number of piperidine rings is 1. The number of nitriles is 1. The highest BCUT2D eigenvalue weighted by Gasteiger charge is 2.23. The maximum Gasteiger partial charge on any atom is 0.260 e. The molecule has 1 N–H and O–H groups in total. The van der Waals surface area contributed by atoms with Gasteiger partial charge < -0.3 is 14.7 Å². The number of likely N-dealkylation sites (tertiary alicyclic amines) is 1. The number of amides is 1. The number of para-hydroxylation sites is 1. The fourth-order valence-electron chi connectivity index (χ4n) is 2.36. The van der Waals surface area contributed by atoms with Gasteiger partial charge in [0.15, 0.2) is 6.61 Å². The summed E-state index contributed by atoms with van der Waals surface area (Å²) in [5, 5.41) is 18.1. The van der Waals surface area contributed by atoms with Crippen molar-refractivity contribution in [2.45, 2.75) is 12.8 Å². The Hall–Kier alpha value is -2.06. The SMILES string of the molecule is N#Cc1ccccc1OCC(=O)N1CCCC(CO)C1. The van der Waals surface area contributed by atoms with E-state index in [0.717, 1.165) is 12.8 Å². The lowest BCUT2D eigenvalue weighted by atomic mass is 9.99. The van der Waals surface area contributed by atoms with E-state index in [-0.39, 0.29) is 25.0 Å². The molecule has 5 heteroatoms. The number of carbonyl (C=O) groups excluding carboxylic acids is 1. The summed E-state index contributed by atoms with van der Waals surface area (Å²) in [6.07, 6.45) is 1.87. The largest absolute Gasteiger partial charge is 0.482 e. The molecule has 0 aliphatic carbocycles. The average Bonchev–Trinajstić information content (AvgIpc) is 2.52. The van der Waals surface area contributed by atoms with E-state index in [1.807, 2.05) is 6.07 Å². The van der Waals surface area contributed by atoms with Crippen LogP contribution in [0, 0.1) is 17.2 Å². The van der Waals surface area contributed by atoms with Crippen LogP contribution >= 0.6 is 0 Å². The van der Waals surface area contributed by atoms with Gasteiger partial charge in [0.25, 0.3) is 5.91 Å². The van der Waals surface area contributed by atoms with Gasteiger partial charge >= 0.3 is 0 Å². The number of aliphatic hydroxyl groups excluding tert-OH is 1. The Morgan fingerprint density at radius 3 is 3.05 bits per heavy atom. The highest BCUT2D eigenvalue weighted by Crippen LogP contribution is 2.18. The highest BCUT2D eigenvalue weighted by molar-refractivity contribution is 5.78. The molecule has 1 aliphatic rings. The summed E-state index contributed by atoms with van der Waals surface area (Å²) in [6, 6.07) is 8.89. The van der Waals surface area contributed by atoms with Crippen LogP contribution in [0.15, 0.2) is 24.3 Å². The molecule has 1 fully saturated rings. The van der Waals surface area contributed by atoms with E-state index < -0.39 is 0 Å². The van der Waals surface area contributed by atoms with Gasteiger partial charge in [0.05, 0.1) is 5.56 Å². The highest BCUT2D eigenvalue weighted by atomic mass is 16.5. The van der Waals surface area contributed by atoms with Gasteiger partial charge in [0, 0.05) is 19.7 Å². The maximum atomic E-state index is 12.1. The minimum atomic E-state index is -0.101. The second-order valence-corrected chi connectivity index (χ2v) is 4.93. The van der Waals surface area contributed by atoms with Crippen molar-refractivity contribution in [3.63, 3.8) is 0 Å². The number of carbonyl (C=O) groups is 1. The van der Waals surface area contributed by atoms with Crippen molar-refractivity contribution in [2.24, 2.45) is 5.92 Å². The minimum absolute atomic E-state index is 0.0726. The van der Waals surface area contributed by atoms with E-state index in [9.17, 15) is 4.79 Å². The molecule has 1 atom stereocenters. The zero-order chi connectivity index (χ0) is 14.4. The molecule has 1 aliphatic heterocycles. The van der Waals surface area contributed by atoms with E-state index in [1.54, 1.807) is 29.2 Å². The molecule has 0 saturated carbocycles. The van der Waals surface area contributed by atoms with E-state index in [1.165, 1.54) is 0 Å². The molecule has 5 nitrogen and oxygen atoms in total. The number of ether oxygens (including phenoxy) is 1. The van der Waals surface area contributed by atoms with Gasteiger partial charge in [0.2, 0.25) is 0 Å². The summed E-state index contributed by atoms with van der Waals surface area (Å²) in [6.45, 7) is 1.33.